The second-order valence-electron chi connectivity index (χ2n) is 8.68. The van der Waals surface area contributed by atoms with Gasteiger partial charge in [0.05, 0.1) is 0 Å². The number of aryl methyl sites for hydroxylation is 2. The maximum Gasteiger partial charge on any atom is 0.260 e. The molecule has 1 aliphatic heterocycles. The molecule has 1 aliphatic rings. The van der Waals surface area contributed by atoms with Crippen LogP contribution in [-0.4, -0.2) is 60.3 Å². The van der Waals surface area contributed by atoms with E-state index in [-0.39, 0.29) is 24.3 Å². The summed E-state index contributed by atoms with van der Waals surface area (Å²) in [5.41, 5.74) is 3.32. The lowest BCUT2D eigenvalue weighted by molar-refractivity contribution is -0.134. The van der Waals surface area contributed by atoms with Crippen LogP contribution in [0.4, 0.5) is 5.69 Å². The molecule has 0 aromatic heterocycles. The summed E-state index contributed by atoms with van der Waals surface area (Å²) in [6.07, 6.45) is 3.26. The van der Waals surface area contributed by atoms with Crippen molar-refractivity contribution < 1.29 is 19.1 Å². The molecule has 1 saturated heterocycles. The van der Waals surface area contributed by atoms with Gasteiger partial charge in [-0.1, -0.05) is 0 Å². The van der Waals surface area contributed by atoms with Gasteiger partial charge in [-0.3, -0.25) is 14.4 Å². The number of ether oxygens (including phenoxy) is 1. The van der Waals surface area contributed by atoms with Gasteiger partial charge >= 0.3 is 0 Å². The highest BCUT2D eigenvalue weighted by Gasteiger charge is 2.19. The zero-order valence-electron chi connectivity index (χ0n) is 20.6. The van der Waals surface area contributed by atoms with Gasteiger partial charge in [0.15, 0.2) is 6.61 Å². The van der Waals surface area contributed by atoms with Crippen LogP contribution >= 0.6 is 0 Å². The minimum absolute atomic E-state index is 0.00300. The van der Waals surface area contributed by atoms with Crippen molar-refractivity contribution >= 4 is 23.4 Å². The smallest absolute Gasteiger partial charge is 0.260 e. The number of amides is 3. The predicted molar refractivity (Wildman–Crippen MR) is 133 cm³/mol. The van der Waals surface area contributed by atoms with Gasteiger partial charge in [-0.25, -0.2) is 0 Å². The van der Waals surface area contributed by atoms with E-state index in [2.05, 4.69) is 5.32 Å². The van der Waals surface area contributed by atoms with Gasteiger partial charge in [-0.15, -0.1) is 0 Å². The van der Waals surface area contributed by atoms with Gasteiger partial charge < -0.3 is 19.9 Å². The molecule has 0 saturated carbocycles. The third-order valence-corrected chi connectivity index (χ3v) is 6.21. The van der Waals surface area contributed by atoms with Crippen molar-refractivity contribution in [1.82, 2.24) is 9.80 Å². The highest BCUT2D eigenvalue weighted by atomic mass is 16.5. The quantitative estimate of drug-likeness (QED) is 0.626. The van der Waals surface area contributed by atoms with Crippen molar-refractivity contribution in [2.75, 3.05) is 38.1 Å². The summed E-state index contributed by atoms with van der Waals surface area (Å²) in [6.45, 7) is 10.5. The lowest BCUT2D eigenvalue weighted by Crippen LogP contribution is -2.38. The van der Waals surface area contributed by atoms with Gasteiger partial charge in [0.1, 0.15) is 5.75 Å². The van der Waals surface area contributed by atoms with E-state index in [9.17, 15) is 14.4 Å². The monoisotopic (exact) mass is 465 g/mol. The fourth-order valence-corrected chi connectivity index (χ4v) is 4.27. The van der Waals surface area contributed by atoms with Crippen molar-refractivity contribution in [2.24, 2.45) is 0 Å². The number of hydrogen-bond donors (Lipinski definition) is 1. The van der Waals surface area contributed by atoms with E-state index in [1.165, 1.54) is 6.42 Å². The van der Waals surface area contributed by atoms with Crippen molar-refractivity contribution in [3.05, 3.63) is 58.7 Å². The first-order chi connectivity index (χ1) is 16.3. The first-order valence-corrected chi connectivity index (χ1v) is 12.1. The number of anilines is 1. The molecule has 182 valence electrons. The molecule has 3 rings (SSSR count). The highest BCUT2D eigenvalue weighted by Crippen LogP contribution is 2.26. The molecule has 0 spiro atoms. The Balaban J connectivity index is 1.63. The molecule has 0 radical (unpaired) electrons. The number of likely N-dealkylation sites (tertiary alicyclic amines) is 1. The van der Waals surface area contributed by atoms with E-state index >= 15 is 0 Å². The fourth-order valence-electron chi connectivity index (χ4n) is 4.27. The average molecular weight is 466 g/mol. The van der Waals surface area contributed by atoms with Crippen LogP contribution < -0.4 is 10.1 Å². The lowest BCUT2D eigenvalue weighted by atomic mass is 10.0. The fraction of sp³-hybridized carbons (Fsp3) is 0.444. The zero-order chi connectivity index (χ0) is 24.7. The summed E-state index contributed by atoms with van der Waals surface area (Å²) in [5.74, 6) is 0.373. The Morgan fingerprint density at radius 2 is 1.50 bits per heavy atom. The SMILES string of the molecule is CCN(CC)C(=O)c1ccc(NC(=O)c2cc(C)c(OCC(=O)N3CCCCC3)c(C)c2)cc1. The number of rotatable bonds is 8. The Morgan fingerprint density at radius 3 is 2.06 bits per heavy atom. The van der Waals surface area contributed by atoms with Gasteiger partial charge in [-0.2, -0.15) is 0 Å². The number of nitrogens with zero attached hydrogens (tertiary/aromatic N) is 2. The van der Waals surface area contributed by atoms with Gasteiger partial charge in [0.2, 0.25) is 0 Å². The average Bonchev–Trinajstić information content (AvgIpc) is 2.85. The summed E-state index contributed by atoms with van der Waals surface area (Å²) in [5, 5.41) is 2.88. The highest BCUT2D eigenvalue weighted by molar-refractivity contribution is 6.05. The Hall–Kier alpha value is -3.35. The standard InChI is InChI=1S/C27H35N3O4/c1-5-29(6-2)27(33)21-10-12-23(13-11-21)28-26(32)22-16-19(3)25(20(4)17-22)34-18-24(31)30-14-8-7-9-15-30/h10-13,16-17H,5-9,14-15,18H2,1-4H3,(H,28,32). The minimum atomic E-state index is -0.245. The van der Waals surface area contributed by atoms with E-state index in [4.69, 9.17) is 4.74 Å². The molecular weight excluding hydrogens is 430 g/mol. The largest absolute Gasteiger partial charge is 0.483 e. The van der Waals surface area contributed by atoms with E-state index in [0.29, 0.717) is 35.7 Å². The summed E-state index contributed by atoms with van der Waals surface area (Å²) in [7, 11) is 0. The van der Waals surface area contributed by atoms with Crippen LogP contribution in [0.5, 0.6) is 5.75 Å². The predicted octanol–water partition coefficient (Wildman–Crippen LogP) is 4.43. The zero-order valence-corrected chi connectivity index (χ0v) is 20.6. The number of carbonyl (C=O) groups is 3. The van der Waals surface area contributed by atoms with E-state index in [0.717, 1.165) is 37.1 Å². The van der Waals surface area contributed by atoms with E-state index in [1.54, 1.807) is 41.3 Å². The minimum Gasteiger partial charge on any atom is -0.483 e. The molecule has 7 heteroatoms. The van der Waals surface area contributed by atoms with Crippen molar-refractivity contribution in [3.8, 4) is 5.75 Å². The van der Waals surface area contributed by atoms with Crippen LogP contribution in [-0.2, 0) is 4.79 Å². The number of benzene rings is 2. The molecular formula is C27H35N3O4. The third kappa shape index (κ3) is 6.16. The molecule has 1 fully saturated rings. The van der Waals surface area contributed by atoms with Crippen molar-refractivity contribution in [2.45, 2.75) is 47.0 Å². The van der Waals surface area contributed by atoms with E-state index < -0.39 is 0 Å². The van der Waals surface area contributed by atoms with Crippen LogP contribution in [0.15, 0.2) is 36.4 Å². The van der Waals surface area contributed by atoms with Gasteiger partial charge in [-0.05, 0) is 94.5 Å². The summed E-state index contributed by atoms with van der Waals surface area (Å²) < 4.78 is 5.85. The molecule has 7 nitrogen and oxygen atoms in total. The molecule has 0 atom stereocenters. The summed E-state index contributed by atoms with van der Waals surface area (Å²) >= 11 is 0. The Kier molecular flexibility index (Phi) is 8.68. The van der Waals surface area contributed by atoms with E-state index in [1.807, 2.05) is 32.6 Å². The van der Waals surface area contributed by atoms with Crippen LogP contribution in [0.2, 0.25) is 0 Å². The molecule has 34 heavy (non-hydrogen) atoms. The Morgan fingerprint density at radius 1 is 0.912 bits per heavy atom. The van der Waals surface area contributed by atoms with Crippen LogP contribution in [0.25, 0.3) is 0 Å². The lowest BCUT2D eigenvalue weighted by Gasteiger charge is -2.26. The first kappa shape index (κ1) is 25.3. The molecule has 0 unspecified atom stereocenters. The topological polar surface area (TPSA) is 79.0 Å². The molecule has 2 aromatic rings. The first-order valence-electron chi connectivity index (χ1n) is 12.1. The summed E-state index contributed by atoms with van der Waals surface area (Å²) in [6, 6.07) is 10.4. The Bertz CT molecular complexity index is 1000. The van der Waals surface area contributed by atoms with Crippen molar-refractivity contribution in [1.29, 1.82) is 0 Å². The number of nitrogens with one attached hydrogen (secondary N) is 1. The Labute approximate surface area is 202 Å². The molecule has 0 bridgehead atoms. The van der Waals surface area contributed by atoms with Crippen LogP contribution in [0, 0.1) is 13.8 Å². The maximum atomic E-state index is 12.8. The van der Waals surface area contributed by atoms with Gasteiger partial charge in [0.25, 0.3) is 17.7 Å². The second kappa shape index (κ2) is 11.7. The molecule has 1 N–H and O–H groups in total. The van der Waals surface area contributed by atoms with Crippen LogP contribution in [0.1, 0.15) is 65.0 Å². The number of piperidine rings is 1. The normalized spacial score (nSPS) is 13.4. The summed E-state index contributed by atoms with van der Waals surface area (Å²) in [4.78, 5) is 41.3. The molecule has 3 amide bonds. The third-order valence-electron chi connectivity index (χ3n) is 6.21. The molecule has 2 aromatic carbocycles. The number of carbonyl (C=O) groups excluding carboxylic acids is 3. The maximum absolute atomic E-state index is 12.8. The second-order valence-corrected chi connectivity index (χ2v) is 8.68. The van der Waals surface area contributed by atoms with Crippen molar-refractivity contribution in [3.63, 3.8) is 0 Å². The number of hydrogen-bond acceptors (Lipinski definition) is 4. The molecule has 0 aliphatic carbocycles. The molecule has 1 heterocycles. The van der Waals surface area contributed by atoms with Gasteiger partial charge in [0, 0.05) is 43.0 Å². The van der Waals surface area contributed by atoms with Crippen LogP contribution in [0.3, 0.4) is 0 Å².